The van der Waals surface area contributed by atoms with Crippen molar-refractivity contribution in [2.75, 3.05) is 26.8 Å². The number of para-hydroxylation sites is 1. The molecule has 4 rings (SSSR count). The SMILES string of the molecule is COc1cccc2c1OC[C@]1(C(=O)O)CN(C(=O)Cc3ccsc3)C[C@H]21. The molecule has 1 fully saturated rings. The van der Waals surface area contributed by atoms with Gasteiger partial charge in [0.15, 0.2) is 11.5 Å². The molecule has 1 aromatic carbocycles. The van der Waals surface area contributed by atoms with Gasteiger partial charge in [-0.1, -0.05) is 12.1 Å². The summed E-state index contributed by atoms with van der Waals surface area (Å²) in [5.41, 5.74) is 0.630. The van der Waals surface area contributed by atoms with Crippen molar-refractivity contribution in [2.24, 2.45) is 5.41 Å². The molecule has 2 atom stereocenters. The quantitative estimate of drug-likeness (QED) is 0.891. The lowest BCUT2D eigenvalue weighted by molar-refractivity contribution is -0.152. The number of thiophene rings is 1. The number of likely N-dealkylation sites (tertiary alicyclic amines) is 1. The van der Waals surface area contributed by atoms with Crippen molar-refractivity contribution in [3.8, 4) is 11.5 Å². The van der Waals surface area contributed by atoms with Crippen LogP contribution in [-0.2, 0) is 16.0 Å². The number of carboxylic acids is 1. The van der Waals surface area contributed by atoms with Gasteiger partial charge >= 0.3 is 5.97 Å². The number of fused-ring (bicyclic) bond motifs is 3. The molecular weight excluding hydrogens is 354 g/mol. The summed E-state index contributed by atoms with van der Waals surface area (Å²) in [6.07, 6.45) is 0.289. The number of ether oxygens (including phenoxy) is 2. The van der Waals surface area contributed by atoms with Gasteiger partial charge in [0.05, 0.1) is 13.5 Å². The predicted molar refractivity (Wildman–Crippen MR) is 95.9 cm³/mol. The summed E-state index contributed by atoms with van der Waals surface area (Å²) in [6, 6.07) is 7.41. The van der Waals surface area contributed by atoms with E-state index in [9.17, 15) is 14.7 Å². The molecule has 6 nitrogen and oxygen atoms in total. The van der Waals surface area contributed by atoms with Crippen molar-refractivity contribution in [3.63, 3.8) is 0 Å². The smallest absolute Gasteiger partial charge is 0.315 e. The zero-order valence-electron chi connectivity index (χ0n) is 14.3. The molecule has 26 heavy (non-hydrogen) atoms. The van der Waals surface area contributed by atoms with E-state index in [1.807, 2.05) is 29.0 Å². The zero-order valence-corrected chi connectivity index (χ0v) is 15.1. The molecule has 1 aromatic heterocycles. The van der Waals surface area contributed by atoms with E-state index in [0.717, 1.165) is 11.1 Å². The van der Waals surface area contributed by atoms with Gasteiger partial charge in [0.25, 0.3) is 0 Å². The fourth-order valence-electron chi connectivity index (χ4n) is 3.92. The third-order valence-corrected chi connectivity index (χ3v) is 6.07. The first-order chi connectivity index (χ1) is 12.5. The summed E-state index contributed by atoms with van der Waals surface area (Å²) in [6.45, 7) is 0.564. The third kappa shape index (κ3) is 2.54. The Morgan fingerprint density at radius 3 is 2.96 bits per heavy atom. The maximum Gasteiger partial charge on any atom is 0.315 e. The number of hydrogen-bond donors (Lipinski definition) is 1. The third-order valence-electron chi connectivity index (χ3n) is 5.34. The number of rotatable bonds is 4. The van der Waals surface area contributed by atoms with Gasteiger partial charge in [-0.25, -0.2) is 0 Å². The van der Waals surface area contributed by atoms with Gasteiger partial charge in [-0.3, -0.25) is 9.59 Å². The lowest BCUT2D eigenvalue weighted by Crippen LogP contribution is -2.46. The van der Waals surface area contributed by atoms with Crippen LogP contribution in [0.25, 0.3) is 0 Å². The molecule has 0 unspecified atom stereocenters. The van der Waals surface area contributed by atoms with E-state index < -0.39 is 11.4 Å². The minimum Gasteiger partial charge on any atom is -0.493 e. The van der Waals surface area contributed by atoms with Crippen molar-refractivity contribution in [1.82, 2.24) is 4.90 Å². The molecule has 0 saturated carbocycles. The number of nitrogens with zero attached hydrogens (tertiary/aromatic N) is 1. The molecule has 0 bridgehead atoms. The van der Waals surface area contributed by atoms with Gasteiger partial charge in [0, 0.05) is 24.6 Å². The standard InChI is InChI=1S/C19H19NO5S/c1-24-15-4-2-3-13-14-8-20(16(21)7-12-5-6-26-9-12)10-19(14,18(22)23)11-25-17(13)15/h2-6,9,14H,7-8,10-11H2,1H3,(H,22,23)/t14-,19-/m1/s1. The topological polar surface area (TPSA) is 76.1 Å². The van der Waals surface area contributed by atoms with Gasteiger partial charge in [0.1, 0.15) is 12.0 Å². The second-order valence-corrected chi connectivity index (χ2v) is 7.54. The fourth-order valence-corrected chi connectivity index (χ4v) is 4.59. The molecule has 1 amide bonds. The van der Waals surface area contributed by atoms with Crippen molar-refractivity contribution in [3.05, 3.63) is 46.2 Å². The number of methoxy groups -OCH3 is 1. The minimum absolute atomic E-state index is 0.0304. The Bertz CT molecular complexity index is 850. The average molecular weight is 373 g/mol. The maximum absolute atomic E-state index is 12.7. The number of aliphatic carboxylic acids is 1. The molecule has 1 N–H and O–H groups in total. The first kappa shape index (κ1) is 16.9. The van der Waals surface area contributed by atoms with E-state index >= 15 is 0 Å². The first-order valence-electron chi connectivity index (χ1n) is 8.37. The van der Waals surface area contributed by atoms with Crippen LogP contribution in [0, 0.1) is 5.41 Å². The normalized spacial score (nSPS) is 23.7. The lowest BCUT2D eigenvalue weighted by Gasteiger charge is -2.36. The summed E-state index contributed by atoms with van der Waals surface area (Å²) >= 11 is 1.54. The first-order valence-corrected chi connectivity index (χ1v) is 9.31. The highest BCUT2D eigenvalue weighted by molar-refractivity contribution is 7.08. The molecule has 1 saturated heterocycles. The van der Waals surface area contributed by atoms with Crippen LogP contribution in [0.4, 0.5) is 0 Å². The van der Waals surface area contributed by atoms with E-state index in [1.165, 1.54) is 0 Å². The van der Waals surface area contributed by atoms with Crippen molar-refractivity contribution < 1.29 is 24.2 Å². The number of carbonyl (C=O) groups excluding carboxylic acids is 1. The van der Waals surface area contributed by atoms with Crippen LogP contribution in [0.1, 0.15) is 17.0 Å². The highest BCUT2D eigenvalue weighted by atomic mass is 32.1. The Morgan fingerprint density at radius 2 is 2.27 bits per heavy atom. The number of carbonyl (C=O) groups is 2. The Labute approximate surface area is 155 Å². The monoisotopic (exact) mass is 373 g/mol. The molecule has 0 aliphatic carbocycles. The summed E-state index contributed by atoms with van der Waals surface area (Å²) in [5.74, 6) is -0.122. The van der Waals surface area contributed by atoms with Gasteiger partial charge in [-0.05, 0) is 28.5 Å². The summed E-state index contributed by atoms with van der Waals surface area (Å²) in [5, 5.41) is 13.8. The number of amides is 1. The summed E-state index contributed by atoms with van der Waals surface area (Å²) in [7, 11) is 1.56. The van der Waals surface area contributed by atoms with Crippen molar-refractivity contribution >= 4 is 23.2 Å². The van der Waals surface area contributed by atoms with Crippen LogP contribution >= 0.6 is 11.3 Å². The summed E-state index contributed by atoms with van der Waals surface area (Å²) < 4.78 is 11.2. The van der Waals surface area contributed by atoms with Crippen molar-refractivity contribution in [1.29, 1.82) is 0 Å². The number of hydrogen-bond acceptors (Lipinski definition) is 5. The molecule has 136 valence electrons. The fraction of sp³-hybridized carbons (Fsp3) is 0.368. The van der Waals surface area contributed by atoms with E-state index in [2.05, 4.69) is 0 Å². The van der Waals surface area contributed by atoms with Crippen molar-refractivity contribution in [2.45, 2.75) is 12.3 Å². The van der Waals surface area contributed by atoms with E-state index in [4.69, 9.17) is 9.47 Å². The number of carboxylic acid groups (broad SMARTS) is 1. The van der Waals surface area contributed by atoms with Gasteiger partial charge in [-0.15, -0.1) is 0 Å². The lowest BCUT2D eigenvalue weighted by atomic mass is 9.73. The second-order valence-electron chi connectivity index (χ2n) is 6.76. The molecule has 0 radical (unpaired) electrons. The molecule has 7 heteroatoms. The Balaban J connectivity index is 1.67. The highest BCUT2D eigenvalue weighted by Gasteiger charge is 2.57. The largest absolute Gasteiger partial charge is 0.493 e. The number of benzene rings is 1. The average Bonchev–Trinajstić information content (AvgIpc) is 3.28. The van der Waals surface area contributed by atoms with Crippen LogP contribution in [0.3, 0.4) is 0 Å². The van der Waals surface area contributed by atoms with Crippen LogP contribution in [-0.4, -0.2) is 48.7 Å². The predicted octanol–water partition coefficient (Wildman–Crippen LogP) is 2.39. The van der Waals surface area contributed by atoms with Gasteiger partial charge in [0.2, 0.25) is 5.91 Å². The second kappa shape index (κ2) is 6.32. The molecular formula is C19H19NO5S. The Morgan fingerprint density at radius 1 is 1.42 bits per heavy atom. The Hall–Kier alpha value is -2.54. The molecule has 0 spiro atoms. The molecule has 2 aliphatic rings. The van der Waals surface area contributed by atoms with E-state index in [0.29, 0.717) is 18.0 Å². The van der Waals surface area contributed by atoms with Crippen LogP contribution in [0.5, 0.6) is 11.5 Å². The molecule has 3 heterocycles. The summed E-state index contributed by atoms with van der Waals surface area (Å²) in [4.78, 5) is 26.5. The zero-order chi connectivity index (χ0) is 18.3. The Kier molecular flexibility index (Phi) is 4.11. The van der Waals surface area contributed by atoms with E-state index in [1.54, 1.807) is 29.4 Å². The highest BCUT2D eigenvalue weighted by Crippen LogP contribution is 2.52. The van der Waals surface area contributed by atoms with Gasteiger partial charge < -0.3 is 19.5 Å². The molecule has 2 aromatic rings. The molecule has 2 aliphatic heterocycles. The van der Waals surface area contributed by atoms with Gasteiger partial charge in [-0.2, -0.15) is 11.3 Å². The van der Waals surface area contributed by atoms with Crippen LogP contribution in [0.2, 0.25) is 0 Å². The van der Waals surface area contributed by atoms with Crippen LogP contribution in [0.15, 0.2) is 35.0 Å². The van der Waals surface area contributed by atoms with Crippen LogP contribution < -0.4 is 9.47 Å². The maximum atomic E-state index is 12.7. The van der Waals surface area contributed by atoms with E-state index in [-0.39, 0.29) is 31.4 Å². The minimum atomic E-state index is -1.12.